The molecular formula is C105H113F19O15. The molecule has 0 aromatic heterocycles. The van der Waals surface area contributed by atoms with E-state index in [4.69, 9.17) is 61.6 Å². The number of hydrogen-bond donors (Lipinski definition) is 0. The van der Waals surface area contributed by atoms with E-state index in [0.29, 0.717) is 180 Å². The maximum absolute atomic E-state index is 14.5. The molecule has 0 amide bonds. The van der Waals surface area contributed by atoms with Crippen LogP contribution in [-0.4, -0.2) is 90.9 Å². The molecule has 0 N–H and O–H groups in total. The molecule has 0 unspecified atom stereocenters. The average molecular weight is 1980 g/mol. The van der Waals surface area contributed by atoms with Crippen LogP contribution >= 0.6 is 0 Å². The van der Waals surface area contributed by atoms with Crippen LogP contribution < -0.4 is 23.7 Å². The predicted molar refractivity (Wildman–Crippen MR) is 466 cm³/mol. The summed E-state index contributed by atoms with van der Waals surface area (Å²) in [7, 11) is 0. The molecule has 756 valence electrons. The summed E-state index contributed by atoms with van der Waals surface area (Å²) in [6.07, 6.45) is 1.80. The average Bonchev–Trinajstić information content (AvgIpc) is 0.792. The largest absolute Gasteiger partial charge is 0.432 e. The van der Waals surface area contributed by atoms with E-state index in [1.165, 1.54) is 150 Å². The fraction of sp³-hybridized carbons (Fsp3) is 0.543. The van der Waals surface area contributed by atoms with Crippen molar-refractivity contribution in [3.05, 3.63) is 256 Å². The number of benzene rings is 8. The molecule has 0 spiro atoms. The highest BCUT2D eigenvalue weighted by atomic mass is 19.3. The van der Waals surface area contributed by atoms with E-state index in [9.17, 15) is 83.4 Å². The highest BCUT2D eigenvalue weighted by molar-refractivity contribution is 5.34. The molecular weight excluding hydrogens is 1860 g/mol. The summed E-state index contributed by atoms with van der Waals surface area (Å²) in [5, 5.41) is 0. The third-order valence-corrected chi connectivity index (χ3v) is 29.2. The Morgan fingerprint density at radius 1 is 0.209 bits per heavy atom. The Morgan fingerprint density at radius 3 is 0.763 bits per heavy atom. The molecule has 0 bridgehead atoms. The van der Waals surface area contributed by atoms with Crippen molar-refractivity contribution in [3.8, 4) is 28.7 Å². The first-order chi connectivity index (χ1) is 66.7. The zero-order chi connectivity index (χ0) is 97.8. The maximum Gasteiger partial charge on any atom is 0.429 e. The second-order valence-electron chi connectivity index (χ2n) is 38.3. The minimum Gasteiger partial charge on any atom is -0.432 e. The highest BCUT2D eigenvalue weighted by Crippen LogP contribution is 2.50. The topological polar surface area (TPSA) is 138 Å². The van der Waals surface area contributed by atoms with Crippen LogP contribution in [0.1, 0.15) is 200 Å². The lowest BCUT2D eigenvalue weighted by Gasteiger charge is -2.42. The van der Waals surface area contributed by atoms with Gasteiger partial charge in [-0.1, -0.05) is 127 Å². The van der Waals surface area contributed by atoms with E-state index >= 15 is 0 Å². The van der Waals surface area contributed by atoms with Crippen LogP contribution in [0.2, 0.25) is 0 Å². The van der Waals surface area contributed by atoms with Gasteiger partial charge in [-0.05, 0) is 202 Å². The Kier molecular flexibility index (Phi) is 34.2. The van der Waals surface area contributed by atoms with Gasteiger partial charge in [0.05, 0.1) is 94.6 Å². The third-order valence-electron chi connectivity index (χ3n) is 29.2. The van der Waals surface area contributed by atoms with Gasteiger partial charge in [0.2, 0.25) is 0 Å². The first kappa shape index (κ1) is 103. The van der Waals surface area contributed by atoms with Gasteiger partial charge in [-0.15, -0.1) is 0 Å². The number of halogens is 19. The normalized spacial score (nSPS) is 26.9. The fourth-order valence-corrected chi connectivity index (χ4v) is 19.4. The van der Waals surface area contributed by atoms with Crippen LogP contribution in [0, 0.1) is 135 Å². The van der Waals surface area contributed by atoms with Gasteiger partial charge < -0.3 is 71.1 Å². The molecule has 7 aliphatic carbocycles. The van der Waals surface area contributed by atoms with E-state index in [2.05, 4.69) is 9.47 Å². The monoisotopic (exact) mass is 1970 g/mol. The van der Waals surface area contributed by atoms with Crippen LogP contribution in [-0.2, 0) is 65.7 Å². The zero-order valence-electron chi connectivity index (χ0n) is 76.3. The van der Waals surface area contributed by atoms with E-state index in [0.717, 1.165) is 98.7 Å². The van der Waals surface area contributed by atoms with Crippen LogP contribution in [0.3, 0.4) is 0 Å². The van der Waals surface area contributed by atoms with Gasteiger partial charge in [0, 0.05) is 76.3 Å². The lowest BCUT2D eigenvalue weighted by Crippen LogP contribution is -2.44. The van der Waals surface area contributed by atoms with Crippen molar-refractivity contribution < 1.29 is 154 Å². The van der Waals surface area contributed by atoms with E-state index in [-0.39, 0.29) is 65.6 Å². The summed E-state index contributed by atoms with van der Waals surface area (Å²) in [4.78, 5) is 0. The van der Waals surface area contributed by atoms with Crippen molar-refractivity contribution in [2.75, 3.05) is 66.1 Å². The Balaban J connectivity index is 0.000000125. The molecule has 20 rings (SSSR count). The molecule has 12 aliphatic rings. The smallest absolute Gasteiger partial charge is 0.429 e. The summed E-state index contributed by atoms with van der Waals surface area (Å²) in [6, 6.07) is 30.0. The predicted octanol–water partition coefficient (Wildman–Crippen LogP) is 27.6. The van der Waals surface area contributed by atoms with Crippen LogP contribution in [0.4, 0.5) is 83.4 Å². The minimum absolute atomic E-state index is 0.00972. The van der Waals surface area contributed by atoms with Crippen LogP contribution in [0.15, 0.2) is 170 Å². The summed E-state index contributed by atoms with van der Waals surface area (Å²) in [5.74, 6) is -7.05. The van der Waals surface area contributed by atoms with Gasteiger partial charge in [0.1, 0.15) is 46.2 Å². The number of hydrogen-bond acceptors (Lipinski definition) is 15. The van der Waals surface area contributed by atoms with Crippen LogP contribution in [0.5, 0.6) is 28.7 Å². The Bertz CT molecular complexity index is 5190. The molecule has 8 aromatic carbocycles. The molecule has 15 nitrogen and oxygen atoms in total. The molecule has 7 saturated carbocycles. The molecule has 0 atom stereocenters. The van der Waals surface area contributed by atoms with Gasteiger partial charge in [0.25, 0.3) is 0 Å². The van der Waals surface area contributed by atoms with Gasteiger partial charge in [-0.25, -0.2) is 39.5 Å². The summed E-state index contributed by atoms with van der Waals surface area (Å²) in [5.41, 5.74) is -0.123. The maximum atomic E-state index is 14.5. The lowest BCUT2D eigenvalue weighted by molar-refractivity contribution is -0.252. The van der Waals surface area contributed by atoms with Gasteiger partial charge in [-0.3, -0.25) is 0 Å². The second-order valence-corrected chi connectivity index (χ2v) is 38.3. The zero-order valence-corrected chi connectivity index (χ0v) is 76.3. The van der Waals surface area contributed by atoms with Crippen molar-refractivity contribution in [1.82, 2.24) is 0 Å². The van der Waals surface area contributed by atoms with Crippen molar-refractivity contribution in [2.45, 2.75) is 210 Å². The van der Waals surface area contributed by atoms with Gasteiger partial charge in [-0.2, -0.15) is 43.9 Å². The van der Waals surface area contributed by atoms with E-state index in [1.807, 2.05) is 0 Å². The van der Waals surface area contributed by atoms with Crippen molar-refractivity contribution >= 4 is 0 Å². The molecule has 12 fully saturated rings. The first-order valence-electron chi connectivity index (χ1n) is 48.1. The van der Waals surface area contributed by atoms with E-state index in [1.54, 1.807) is 12.1 Å². The molecule has 139 heavy (non-hydrogen) atoms. The SMILES string of the molecule is Fc1ccc(OC(F)(F)C2CCC(C3OCC(C4CCC4)CO3)CC2)cc1.Fc1ccc(OC(F)(F)C2CCC(C3OCC(C4CCC4)CO3)CC2)cc1F.Fc1ccc(OC(F)(F)c2ccc(C3OCC(C4CCC4)CO3)cc2)cc1.Fc1ccc(OC(F)(F)c2ccc(C3OCC(C4CCC4)CO3)cc2)cc1F.Fc1ccc(OC(F)(F)c2ccc(C3OCC(C4CCC4)CO3)cc2F)cc1F. The van der Waals surface area contributed by atoms with Crippen LogP contribution in [0.25, 0.3) is 0 Å². The molecule has 0 radical (unpaired) electrons. The standard InChI is InChI=1S/C21H19F5O3.C21H26F4O3.C21H20F4O3.C21H27F3O3.C21H21F3O3/c22-17-7-5-15(9-19(17)24)29-21(25,26)16-6-4-13(8-18(16)23)20-27-10-14(11-28-20)12-2-1-3-12;2*22-18-9-8-17(10-19(18)23)28-21(24,25)16-6-4-14(5-7-16)20-26-11-15(12-27-20)13-2-1-3-13;2*22-18-8-10-19(11-9-18)27-21(23,24)17-6-4-15(5-7-17)20-25-12-16(13-26-20)14-2-1-3-14/h4-9,12,14,20H,1-3,10-11H2;8-10,13-16,20H,1-7,11-12H2;4-10,13,15,20H,1-3,11-12H2;8-11,14-17,20H,1-7,12-13H2;4-11,14,16,20H,1-3,12-13H2. The van der Waals surface area contributed by atoms with Crippen molar-refractivity contribution in [1.29, 1.82) is 0 Å². The number of rotatable bonds is 25. The molecule has 8 aromatic rings. The molecule has 5 saturated heterocycles. The highest BCUT2D eigenvalue weighted by Gasteiger charge is 2.50. The van der Waals surface area contributed by atoms with E-state index < -0.39 is 136 Å². The van der Waals surface area contributed by atoms with Crippen molar-refractivity contribution in [3.63, 3.8) is 0 Å². The Morgan fingerprint density at radius 2 is 0.468 bits per heavy atom. The summed E-state index contributed by atoms with van der Waals surface area (Å²) in [6.45, 7) is 6.32. The Hall–Kier alpha value is -8.97. The second kappa shape index (κ2) is 46.2. The van der Waals surface area contributed by atoms with Gasteiger partial charge in [0.15, 0.2) is 66.4 Å². The first-order valence-corrected chi connectivity index (χ1v) is 48.1. The third kappa shape index (κ3) is 26.9. The van der Waals surface area contributed by atoms with Crippen molar-refractivity contribution in [2.24, 2.45) is 82.9 Å². The summed E-state index contributed by atoms with van der Waals surface area (Å²) < 4.78 is 344. The fourth-order valence-electron chi connectivity index (χ4n) is 19.4. The summed E-state index contributed by atoms with van der Waals surface area (Å²) >= 11 is 0. The Labute approximate surface area is 793 Å². The molecule has 5 heterocycles. The minimum atomic E-state index is -4.09. The molecule has 5 aliphatic heterocycles. The quantitative estimate of drug-likeness (QED) is 0.0501. The lowest BCUT2D eigenvalue weighted by atomic mass is 9.76. The molecule has 34 heteroatoms. The van der Waals surface area contributed by atoms with Gasteiger partial charge >= 0.3 is 30.5 Å². The number of ether oxygens (including phenoxy) is 15. The number of alkyl halides is 10.